The molecule has 4 nitrogen and oxygen atoms in total. The van der Waals surface area contributed by atoms with Gasteiger partial charge in [0.2, 0.25) is 0 Å². The third-order valence-electron chi connectivity index (χ3n) is 3.21. The van der Waals surface area contributed by atoms with Crippen LogP contribution in [-0.2, 0) is 0 Å². The van der Waals surface area contributed by atoms with Crippen LogP contribution in [0.25, 0.3) is 6.08 Å². The number of alkyl halides is 2. The summed E-state index contributed by atoms with van der Waals surface area (Å²) < 4.78 is 38.9. The molecule has 0 spiro atoms. The van der Waals surface area contributed by atoms with Crippen molar-refractivity contribution in [2.75, 3.05) is 14.2 Å². The van der Waals surface area contributed by atoms with E-state index < -0.39 is 6.61 Å². The van der Waals surface area contributed by atoms with Crippen LogP contribution in [0.1, 0.15) is 15.9 Å². The Labute approximate surface area is 138 Å². The van der Waals surface area contributed by atoms with Crippen LogP contribution in [0.5, 0.6) is 17.2 Å². The van der Waals surface area contributed by atoms with E-state index in [4.69, 9.17) is 9.47 Å². The highest BCUT2D eigenvalue weighted by atomic mass is 19.3. The second kappa shape index (κ2) is 8.10. The van der Waals surface area contributed by atoms with Crippen molar-refractivity contribution < 1.29 is 27.8 Å². The Kier molecular flexibility index (Phi) is 5.89. The van der Waals surface area contributed by atoms with E-state index in [1.54, 1.807) is 25.3 Å². The second-order valence-electron chi connectivity index (χ2n) is 4.71. The molecular formula is C18H16F2O4. The van der Waals surface area contributed by atoms with E-state index in [-0.39, 0.29) is 17.3 Å². The standard InChI is InChI=1S/C18H16F2O4/c1-22-14-7-3-12(4-8-14)5-9-15(21)13-6-10-16(24-18(19)20)17(11-13)23-2/h3-11,18H,1-2H3. The molecule has 0 heterocycles. The minimum atomic E-state index is -2.96. The fourth-order valence-electron chi connectivity index (χ4n) is 2.00. The van der Waals surface area contributed by atoms with Crippen LogP contribution in [0.15, 0.2) is 48.5 Å². The maximum Gasteiger partial charge on any atom is 0.387 e. The zero-order chi connectivity index (χ0) is 17.5. The van der Waals surface area contributed by atoms with Gasteiger partial charge in [0.25, 0.3) is 0 Å². The molecule has 0 amide bonds. The second-order valence-corrected chi connectivity index (χ2v) is 4.71. The maximum absolute atomic E-state index is 12.3. The number of allylic oxidation sites excluding steroid dienone is 1. The summed E-state index contributed by atoms with van der Waals surface area (Å²) in [6.07, 6.45) is 3.04. The Bertz CT molecular complexity index is 724. The molecular weight excluding hydrogens is 318 g/mol. The van der Waals surface area contributed by atoms with Crippen molar-refractivity contribution >= 4 is 11.9 Å². The Morgan fingerprint density at radius 3 is 2.29 bits per heavy atom. The quantitative estimate of drug-likeness (QED) is 0.562. The third kappa shape index (κ3) is 4.55. The van der Waals surface area contributed by atoms with Gasteiger partial charge in [-0.1, -0.05) is 18.2 Å². The summed E-state index contributed by atoms with van der Waals surface area (Å²) in [5, 5.41) is 0. The number of hydrogen-bond donors (Lipinski definition) is 0. The van der Waals surface area contributed by atoms with Crippen molar-refractivity contribution in [1.82, 2.24) is 0 Å². The van der Waals surface area contributed by atoms with Crippen molar-refractivity contribution in [2.45, 2.75) is 6.61 Å². The highest BCUT2D eigenvalue weighted by Gasteiger charge is 2.13. The van der Waals surface area contributed by atoms with Gasteiger partial charge >= 0.3 is 6.61 Å². The number of rotatable bonds is 7. The zero-order valence-corrected chi connectivity index (χ0v) is 13.2. The summed E-state index contributed by atoms with van der Waals surface area (Å²) >= 11 is 0. The molecule has 0 N–H and O–H groups in total. The van der Waals surface area contributed by atoms with Crippen molar-refractivity contribution in [2.24, 2.45) is 0 Å². The van der Waals surface area contributed by atoms with E-state index in [2.05, 4.69) is 4.74 Å². The molecule has 6 heteroatoms. The van der Waals surface area contributed by atoms with Crippen LogP contribution in [-0.4, -0.2) is 26.6 Å². The first-order valence-electron chi connectivity index (χ1n) is 7.03. The number of ketones is 1. The Hall–Kier alpha value is -2.89. The van der Waals surface area contributed by atoms with Gasteiger partial charge in [-0.15, -0.1) is 0 Å². The Morgan fingerprint density at radius 1 is 1.00 bits per heavy atom. The minimum absolute atomic E-state index is 0.0685. The predicted octanol–water partition coefficient (Wildman–Crippen LogP) is 4.20. The van der Waals surface area contributed by atoms with Crippen molar-refractivity contribution in [3.8, 4) is 17.2 Å². The summed E-state index contributed by atoms with van der Waals surface area (Å²) in [7, 11) is 2.89. The van der Waals surface area contributed by atoms with Crippen LogP contribution in [0.2, 0.25) is 0 Å². The van der Waals surface area contributed by atoms with Gasteiger partial charge in [0.15, 0.2) is 17.3 Å². The highest BCUT2D eigenvalue weighted by molar-refractivity contribution is 6.07. The number of halogens is 2. The zero-order valence-electron chi connectivity index (χ0n) is 13.2. The average Bonchev–Trinajstić information content (AvgIpc) is 2.60. The van der Waals surface area contributed by atoms with E-state index in [1.165, 1.54) is 31.4 Å². The SMILES string of the molecule is COc1ccc(C=CC(=O)c2ccc(OC(F)F)c(OC)c2)cc1. The molecule has 0 bridgehead atoms. The Balaban J connectivity index is 2.15. The molecule has 0 radical (unpaired) electrons. The summed E-state index contributed by atoms with van der Waals surface area (Å²) in [6.45, 7) is -2.96. The van der Waals surface area contributed by atoms with Gasteiger partial charge in [-0.25, -0.2) is 0 Å². The lowest BCUT2D eigenvalue weighted by Crippen LogP contribution is -2.04. The van der Waals surface area contributed by atoms with E-state index in [1.807, 2.05) is 12.1 Å². The monoisotopic (exact) mass is 334 g/mol. The number of benzene rings is 2. The van der Waals surface area contributed by atoms with Crippen LogP contribution in [0.3, 0.4) is 0 Å². The highest BCUT2D eigenvalue weighted by Crippen LogP contribution is 2.29. The third-order valence-corrected chi connectivity index (χ3v) is 3.21. The molecule has 0 saturated heterocycles. The van der Waals surface area contributed by atoms with Crippen molar-refractivity contribution in [1.29, 1.82) is 0 Å². The number of carbonyl (C=O) groups is 1. The normalized spacial score (nSPS) is 10.9. The van der Waals surface area contributed by atoms with Gasteiger partial charge in [-0.3, -0.25) is 4.79 Å². The molecule has 2 aromatic carbocycles. The molecule has 0 aliphatic heterocycles. The van der Waals surface area contributed by atoms with Gasteiger partial charge in [-0.05, 0) is 42.0 Å². The predicted molar refractivity (Wildman–Crippen MR) is 86.0 cm³/mol. The maximum atomic E-state index is 12.3. The molecule has 126 valence electrons. The molecule has 2 rings (SSSR count). The van der Waals surface area contributed by atoms with Crippen molar-refractivity contribution in [3.05, 3.63) is 59.7 Å². The molecule has 0 atom stereocenters. The molecule has 0 aliphatic carbocycles. The molecule has 0 unspecified atom stereocenters. The summed E-state index contributed by atoms with van der Waals surface area (Å²) in [5.74, 6) is 0.382. The summed E-state index contributed by atoms with van der Waals surface area (Å²) in [4.78, 5) is 12.2. The van der Waals surface area contributed by atoms with E-state index in [0.29, 0.717) is 5.56 Å². The fourth-order valence-corrected chi connectivity index (χ4v) is 2.00. The van der Waals surface area contributed by atoms with Crippen molar-refractivity contribution in [3.63, 3.8) is 0 Å². The minimum Gasteiger partial charge on any atom is -0.497 e. The van der Waals surface area contributed by atoms with Gasteiger partial charge in [0.1, 0.15) is 5.75 Å². The number of methoxy groups -OCH3 is 2. The molecule has 0 aliphatic rings. The smallest absolute Gasteiger partial charge is 0.387 e. The largest absolute Gasteiger partial charge is 0.497 e. The molecule has 0 fully saturated rings. The lowest BCUT2D eigenvalue weighted by molar-refractivity contribution is -0.0512. The van der Waals surface area contributed by atoms with Crippen LogP contribution < -0.4 is 14.2 Å². The van der Waals surface area contributed by atoms with Gasteiger partial charge in [0.05, 0.1) is 14.2 Å². The van der Waals surface area contributed by atoms with Gasteiger partial charge in [0, 0.05) is 5.56 Å². The number of hydrogen-bond acceptors (Lipinski definition) is 4. The summed E-state index contributed by atoms with van der Waals surface area (Å²) in [5.41, 5.74) is 1.13. The van der Waals surface area contributed by atoms with E-state index >= 15 is 0 Å². The van der Waals surface area contributed by atoms with Crippen LogP contribution >= 0.6 is 0 Å². The first kappa shape index (κ1) is 17.5. The lowest BCUT2D eigenvalue weighted by Gasteiger charge is -2.10. The summed E-state index contributed by atoms with van der Waals surface area (Å²) in [6, 6.07) is 11.2. The molecule has 0 aromatic heterocycles. The van der Waals surface area contributed by atoms with Gasteiger partial charge in [-0.2, -0.15) is 8.78 Å². The van der Waals surface area contributed by atoms with Gasteiger partial charge < -0.3 is 14.2 Å². The topological polar surface area (TPSA) is 44.8 Å². The molecule has 2 aromatic rings. The number of ether oxygens (including phenoxy) is 3. The van der Waals surface area contributed by atoms with E-state index in [9.17, 15) is 13.6 Å². The number of carbonyl (C=O) groups excluding carboxylic acids is 1. The molecule has 24 heavy (non-hydrogen) atoms. The van der Waals surface area contributed by atoms with Crippen LogP contribution in [0, 0.1) is 0 Å². The van der Waals surface area contributed by atoms with E-state index in [0.717, 1.165) is 11.3 Å². The molecule has 0 saturated carbocycles. The fraction of sp³-hybridized carbons (Fsp3) is 0.167. The average molecular weight is 334 g/mol. The first-order valence-corrected chi connectivity index (χ1v) is 7.03. The lowest BCUT2D eigenvalue weighted by atomic mass is 10.1. The van der Waals surface area contributed by atoms with Crippen LogP contribution in [0.4, 0.5) is 8.78 Å². The first-order chi connectivity index (χ1) is 11.5. The Morgan fingerprint density at radius 2 is 1.71 bits per heavy atom.